The highest BCUT2D eigenvalue weighted by atomic mass is 32.1. The molecule has 0 amide bonds. The number of aromatic nitrogens is 1. The first-order valence-electron chi connectivity index (χ1n) is 12.2. The van der Waals surface area contributed by atoms with Crippen LogP contribution in [0.4, 0.5) is 0 Å². The summed E-state index contributed by atoms with van der Waals surface area (Å²) in [4.78, 5) is 31.8. The van der Waals surface area contributed by atoms with Crippen molar-refractivity contribution in [2.45, 2.75) is 46.8 Å². The third-order valence-electron chi connectivity index (χ3n) is 5.67. The van der Waals surface area contributed by atoms with Crippen LogP contribution in [0.15, 0.2) is 63.5 Å². The van der Waals surface area contributed by atoms with E-state index in [1.807, 2.05) is 45.0 Å². The first kappa shape index (κ1) is 26.2. The Hall–Kier alpha value is -3.85. The molecule has 0 unspecified atom stereocenters. The summed E-state index contributed by atoms with van der Waals surface area (Å²) in [6, 6.07) is 11.6. The minimum Gasteiger partial charge on any atom is -0.504 e. The molecule has 0 radical (unpaired) electrons. The fourth-order valence-corrected chi connectivity index (χ4v) is 5.20. The van der Waals surface area contributed by atoms with E-state index < -0.39 is 12.0 Å². The Balaban J connectivity index is 1.88. The Kier molecular flexibility index (Phi) is 7.83. The normalized spacial score (nSPS) is 15.4. The van der Waals surface area contributed by atoms with E-state index >= 15 is 0 Å². The van der Waals surface area contributed by atoms with E-state index in [1.54, 1.807) is 32.1 Å². The van der Waals surface area contributed by atoms with Crippen molar-refractivity contribution in [2.24, 2.45) is 4.99 Å². The topological polar surface area (TPSA) is 99.4 Å². The molecule has 0 fully saturated rings. The fourth-order valence-electron chi connectivity index (χ4n) is 4.15. The van der Waals surface area contributed by atoms with Gasteiger partial charge in [-0.1, -0.05) is 29.5 Å². The van der Waals surface area contributed by atoms with Gasteiger partial charge in [-0.2, -0.15) is 0 Å². The van der Waals surface area contributed by atoms with Crippen LogP contribution in [0.1, 0.15) is 51.8 Å². The van der Waals surface area contributed by atoms with Gasteiger partial charge in [0.05, 0.1) is 41.2 Å². The molecule has 4 rings (SSSR count). The van der Waals surface area contributed by atoms with Crippen molar-refractivity contribution >= 4 is 23.4 Å². The lowest BCUT2D eigenvalue weighted by Crippen LogP contribution is -2.39. The van der Waals surface area contributed by atoms with Gasteiger partial charge in [0.15, 0.2) is 16.3 Å². The lowest BCUT2D eigenvalue weighted by Gasteiger charge is -2.25. The van der Waals surface area contributed by atoms with Crippen LogP contribution in [0, 0.1) is 0 Å². The molecule has 1 atom stereocenters. The molecule has 1 aromatic heterocycles. The highest BCUT2D eigenvalue weighted by Crippen LogP contribution is 2.32. The number of carbonyl (C=O) groups is 1. The van der Waals surface area contributed by atoms with Gasteiger partial charge in [0.2, 0.25) is 0 Å². The summed E-state index contributed by atoms with van der Waals surface area (Å²) >= 11 is 1.23. The fraction of sp³-hybridized carbons (Fsp3) is 0.321. The quantitative estimate of drug-likeness (QED) is 0.453. The Morgan fingerprint density at radius 3 is 2.54 bits per heavy atom. The number of thiazole rings is 1. The number of esters is 1. The van der Waals surface area contributed by atoms with E-state index in [1.165, 1.54) is 22.0 Å². The zero-order valence-corrected chi connectivity index (χ0v) is 22.3. The number of fused-ring (bicyclic) bond motifs is 1. The smallest absolute Gasteiger partial charge is 0.338 e. The molecule has 194 valence electrons. The van der Waals surface area contributed by atoms with Gasteiger partial charge in [-0.25, -0.2) is 9.79 Å². The summed E-state index contributed by atoms with van der Waals surface area (Å²) in [5.41, 5.74) is 1.98. The third-order valence-corrected chi connectivity index (χ3v) is 6.65. The van der Waals surface area contributed by atoms with Gasteiger partial charge < -0.3 is 19.3 Å². The second-order valence-corrected chi connectivity index (χ2v) is 9.71. The maximum atomic E-state index is 13.7. The maximum absolute atomic E-state index is 13.7. The first-order chi connectivity index (χ1) is 17.7. The van der Waals surface area contributed by atoms with E-state index in [-0.39, 0.29) is 24.0 Å². The Labute approximate surface area is 218 Å². The van der Waals surface area contributed by atoms with E-state index in [9.17, 15) is 14.7 Å². The zero-order chi connectivity index (χ0) is 26.7. The van der Waals surface area contributed by atoms with Crippen molar-refractivity contribution in [3.05, 3.63) is 84.5 Å². The summed E-state index contributed by atoms with van der Waals surface area (Å²) in [6.07, 6.45) is 1.75. The molecule has 2 aromatic carbocycles. The van der Waals surface area contributed by atoms with Gasteiger partial charge in [0, 0.05) is 0 Å². The molecule has 0 aliphatic carbocycles. The van der Waals surface area contributed by atoms with Crippen LogP contribution in [0.3, 0.4) is 0 Å². The van der Waals surface area contributed by atoms with E-state index in [0.29, 0.717) is 44.3 Å². The van der Waals surface area contributed by atoms with Gasteiger partial charge in [-0.15, -0.1) is 0 Å². The number of carbonyl (C=O) groups excluding carboxylic acids is 1. The third kappa shape index (κ3) is 5.46. The number of allylic oxidation sites excluding steroid dienone is 1. The summed E-state index contributed by atoms with van der Waals surface area (Å²) in [7, 11) is 0. The first-order valence-corrected chi connectivity index (χ1v) is 13.0. The monoisotopic (exact) mass is 522 g/mol. The van der Waals surface area contributed by atoms with Gasteiger partial charge in [0.25, 0.3) is 5.56 Å². The molecule has 1 aliphatic rings. The van der Waals surface area contributed by atoms with Crippen molar-refractivity contribution in [3.8, 4) is 17.2 Å². The second kappa shape index (κ2) is 11.0. The lowest BCUT2D eigenvalue weighted by molar-refractivity contribution is -0.139. The zero-order valence-electron chi connectivity index (χ0n) is 21.5. The molecular formula is C28H30N2O6S. The molecule has 1 N–H and O–H groups in total. The Morgan fingerprint density at radius 2 is 1.89 bits per heavy atom. The summed E-state index contributed by atoms with van der Waals surface area (Å²) in [6.45, 7) is 9.82. The molecule has 3 aromatic rings. The van der Waals surface area contributed by atoms with Gasteiger partial charge in [-0.3, -0.25) is 9.36 Å². The minimum atomic E-state index is -0.704. The molecule has 8 nitrogen and oxygen atoms in total. The second-order valence-electron chi connectivity index (χ2n) is 8.70. The average Bonchev–Trinajstić information content (AvgIpc) is 3.15. The number of phenolic OH excluding ortho intramolecular Hbond substituents is 1. The molecule has 0 saturated heterocycles. The van der Waals surface area contributed by atoms with E-state index in [0.717, 1.165) is 5.56 Å². The number of hydrogen-bond donors (Lipinski definition) is 1. The molecule has 2 heterocycles. The molecule has 0 saturated carbocycles. The van der Waals surface area contributed by atoms with Crippen LogP contribution in [0.25, 0.3) is 6.08 Å². The van der Waals surface area contributed by atoms with Crippen molar-refractivity contribution < 1.29 is 24.1 Å². The van der Waals surface area contributed by atoms with Crippen molar-refractivity contribution in [2.75, 3.05) is 13.2 Å². The minimum absolute atomic E-state index is 0.0175. The van der Waals surface area contributed by atoms with Crippen LogP contribution in [0.5, 0.6) is 17.2 Å². The Morgan fingerprint density at radius 1 is 1.16 bits per heavy atom. The number of rotatable bonds is 8. The van der Waals surface area contributed by atoms with Crippen LogP contribution in [0.2, 0.25) is 0 Å². The van der Waals surface area contributed by atoms with Gasteiger partial charge in [-0.05, 0) is 76.1 Å². The number of hydrogen-bond acceptors (Lipinski definition) is 8. The lowest BCUT2D eigenvalue weighted by atomic mass is 9.96. The highest BCUT2D eigenvalue weighted by molar-refractivity contribution is 7.07. The number of phenols is 1. The average molecular weight is 523 g/mol. The van der Waals surface area contributed by atoms with Crippen LogP contribution >= 0.6 is 11.3 Å². The van der Waals surface area contributed by atoms with Gasteiger partial charge in [0.1, 0.15) is 5.75 Å². The number of benzene rings is 2. The SMILES string of the molecule is CCOC(=O)C1=C(C)N=c2s/c(=C\c3ccc(O)c(OCC)c3)c(=O)n2[C@H]1c1ccc(OC(C)C)cc1. The van der Waals surface area contributed by atoms with E-state index in [4.69, 9.17) is 14.2 Å². The molecular weight excluding hydrogens is 492 g/mol. The summed E-state index contributed by atoms with van der Waals surface area (Å²) < 4.78 is 18.6. The van der Waals surface area contributed by atoms with E-state index in [2.05, 4.69) is 4.99 Å². The van der Waals surface area contributed by atoms with Crippen molar-refractivity contribution in [1.29, 1.82) is 0 Å². The maximum Gasteiger partial charge on any atom is 0.338 e. The standard InChI is InChI=1S/C28H30N2O6S/c1-6-34-22-14-18(8-13-21(22)31)15-23-26(32)30-25(19-9-11-20(12-10-19)36-16(3)4)24(27(33)35-7-2)17(5)29-28(30)37-23/h8-16,25,31H,6-7H2,1-5H3/b23-15-/t25-/m0/s1. The van der Waals surface area contributed by atoms with Gasteiger partial charge >= 0.3 is 5.97 Å². The molecule has 37 heavy (non-hydrogen) atoms. The number of ether oxygens (including phenoxy) is 3. The molecule has 1 aliphatic heterocycles. The number of aromatic hydroxyl groups is 1. The largest absolute Gasteiger partial charge is 0.504 e. The summed E-state index contributed by atoms with van der Waals surface area (Å²) in [5.74, 6) is 0.554. The summed E-state index contributed by atoms with van der Waals surface area (Å²) in [5, 5.41) is 10.0. The van der Waals surface area contributed by atoms with Crippen LogP contribution in [-0.4, -0.2) is 35.0 Å². The molecule has 0 spiro atoms. The highest BCUT2D eigenvalue weighted by Gasteiger charge is 2.33. The Bertz CT molecular complexity index is 1520. The molecule has 9 heteroatoms. The number of nitrogens with zero attached hydrogens (tertiary/aromatic N) is 2. The predicted molar refractivity (Wildman–Crippen MR) is 142 cm³/mol. The van der Waals surface area contributed by atoms with Crippen molar-refractivity contribution in [3.63, 3.8) is 0 Å². The van der Waals surface area contributed by atoms with Crippen LogP contribution in [-0.2, 0) is 9.53 Å². The van der Waals surface area contributed by atoms with Crippen LogP contribution < -0.4 is 24.4 Å². The predicted octanol–water partition coefficient (Wildman–Crippen LogP) is 3.69. The molecule has 0 bridgehead atoms. The van der Waals surface area contributed by atoms with Crippen molar-refractivity contribution in [1.82, 2.24) is 4.57 Å².